The number of ether oxygens (including phenoxy) is 1. The summed E-state index contributed by atoms with van der Waals surface area (Å²) in [5.74, 6) is 0.933. The summed E-state index contributed by atoms with van der Waals surface area (Å²) in [5.41, 5.74) is 6.68. The second-order valence-electron chi connectivity index (χ2n) is 6.94. The Kier molecular flexibility index (Phi) is 4.88. The highest BCUT2D eigenvalue weighted by Crippen LogP contribution is 2.40. The van der Waals surface area contributed by atoms with E-state index in [0.29, 0.717) is 23.1 Å². The summed E-state index contributed by atoms with van der Waals surface area (Å²) in [6.07, 6.45) is 2.48. The first-order valence-electron chi connectivity index (χ1n) is 7.59. The van der Waals surface area contributed by atoms with Crippen LogP contribution in [0.4, 0.5) is 0 Å². The third-order valence-corrected chi connectivity index (χ3v) is 4.18. The van der Waals surface area contributed by atoms with E-state index in [1.807, 2.05) is 18.2 Å². The van der Waals surface area contributed by atoms with E-state index in [2.05, 4.69) is 32.2 Å². The third kappa shape index (κ3) is 4.74. The van der Waals surface area contributed by atoms with Crippen molar-refractivity contribution in [1.29, 1.82) is 0 Å². The molecule has 1 amide bonds. The first-order valence-corrected chi connectivity index (χ1v) is 7.59. The lowest BCUT2D eigenvalue weighted by molar-refractivity contribution is -0.119. The van der Waals surface area contributed by atoms with E-state index in [9.17, 15) is 4.79 Å². The van der Waals surface area contributed by atoms with Crippen LogP contribution in [0, 0.1) is 11.3 Å². The lowest BCUT2D eigenvalue weighted by Gasteiger charge is -2.19. The van der Waals surface area contributed by atoms with Crippen LogP contribution in [0.25, 0.3) is 0 Å². The quantitative estimate of drug-likeness (QED) is 0.846. The number of benzene rings is 1. The van der Waals surface area contributed by atoms with Gasteiger partial charge in [0.2, 0.25) is 0 Å². The van der Waals surface area contributed by atoms with Gasteiger partial charge in [0.15, 0.2) is 6.61 Å². The Balaban J connectivity index is 1.88. The Bertz CT molecular complexity index is 499. The van der Waals surface area contributed by atoms with Crippen molar-refractivity contribution >= 4 is 5.91 Å². The number of nitrogens with one attached hydrogen (secondary N) is 1. The van der Waals surface area contributed by atoms with Crippen molar-refractivity contribution in [3.63, 3.8) is 0 Å². The van der Waals surface area contributed by atoms with Gasteiger partial charge in [-0.3, -0.25) is 4.79 Å². The number of rotatable bonds is 6. The molecule has 0 spiro atoms. The van der Waals surface area contributed by atoms with Crippen molar-refractivity contribution in [1.82, 2.24) is 5.32 Å². The second-order valence-corrected chi connectivity index (χ2v) is 6.94. The Morgan fingerprint density at radius 1 is 1.43 bits per heavy atom. The van der Waals surface area contributed by atoms with Crippen molar-refractivity contribution < 1.29 is 9.53 Å². The molecule has 1 aliphatic carbocycles. The maximum atomic E-state index is 10.7. The molecule has 0 radical (unpaired) electrons. The molecule has 0 bridgehead atoms. The van der Waals surface area contributed by atoms with Gasteiger partial charge in [-0.05, 0) is 41.9 Å². The Morgan fingerprint density at radius 2 is 2.19 bits per heavy atom. The SMILES string of the molecule is C[C@H]1CC(C)(C)C[C@@H]1NCc1cccc(OCC(N)=O)c1. The Labute approximate surface area is 127 Å². The molecule has 4 heteroatoms. The van der Waals surface area contributed by atoms with Crippen LogP contribution < -0.4 is 15.8 Å². The van der Waals surface area contributed by atoms with Gasteiger partial charge >= 0.3 is 0 Å². The topological polar surface area (TPSA) is 64.3 Å². The van der Waals surface area contributed by atoms with E-state index in [0.717, 1.165) is 12.1 Å². The minimum absolute atomic E-state index is 0.0786. The van der Waals surface area contributed by atoms with Crippen molar-refractivity contribution in [2.24, 2.45) is 17.1 Å². The Morgan fingerprint density at radius 3 is 2.81 bits per heavy atom. The number of hydrogen-bond donors (Lipinski definition) is 2. The predicted octanol–water partition coefficient (Wildman–Crippen LogP) is 2.46. The molecule has 1 aliphatic rings. The molecule has 1 aromatic rings. The predicted molar refractivity (Wildman–Crippen MR) is 83.9 cm³/mol. The molecule has 0 aliphatic heterocycles. The molecule has 2 atom stereocenters. The summed E-state index contributed by atoms with van der Waals surface area (Å²) >= 11 is 0. The zero-order valence-corrected chi connectivity index (χ0v) is 13.2. The van der Waals surface area contributed by atoms with Gasteiger partial charge in [0, 0.05) is 12.6 Å². The fourth-order valence-electron chi connectivity index (χ4n) is 3.32. The molecule has 1 fully saturated rings. The molecule has 0 heterocycles. The van der Waals surface area contributed by atoms with Gasteiger partial charge in [-0.25, -0.2) is 0 Å². The molecule has 0 saturated heterocycles. The fraction of sp³-hybridized carbons (Fsp3) is 0.588. The highest BCUT2D eigenvalue weighted by molar-refractivity contribution is 5.75. The molecule has 1 aromatic carbocycles. The van der Waals surface area contributed by atoms with Gasteiger partial charge in [0.25, 0.3) is 5.91 Å². The van der Waals surface area contributed by atoms with Gasteiger partial charge in [-0.2, -0.15) is 0 Å². The van der Waals surface area contributed by atoms with E-state index >= 15 is 0 Å². The molecule has 116 valence electrons. The molecule has 21 heavy (non-hydrogen) atoms. The standard InChI is InChI=1S/C17H26N2O2/c1-12-8-17(2,3)9-15(12)19-10-13-5-4-6-14(7-13)21-11-16(18)20/h4-7,12,15,19H,8-11H2,1-3H3,(H2,18,20)/t12-,15-/m0/s1. The molecule has 1 saturated carbocycles. The van der Waals surface area contributed by atoms with E-state index in [-0.39, 0.29) is 6.61 Å². The molecule has 0 aromatic heterocycles. The van der Waals surface area contributed by atoms with Crippen LogP contribution in [0.3, 0.4) is 0 Å². The largest absolute Gasteiger partial charge is 0.484 e. The lowest BCUT2D eigenvalue weighted by Crippen LogP contribution is -2.31. The maximum Gasteiger partial charge on any atom is 0.255 e. The monoisotopic (exact) mass is 290 g/mol. The van der Waals surface area contributed by atoms with Crippen LogP contribution in [0.2, 0.25) is 0 Å². The normalized spacial score (nSPS) is 24.0. The lowest BCUT2D eigenvalue weighted by atomic mass is 9.91. The molecule has 0 unspecified atom stereocenters. The average Bonchev–Trinajstić information content (AvgIpc) is 2.67. The van der Waals surface area contributed by atoms with Crippen LogP contribution in [0.15, 0.2) is 24.3 Å². The highest BCUT2D eigenvalue weighted by Gasteiger charge is 2.36. The molecular weight excluding hydrogens is 264 g/mol. The number of nitrogens with two attached hydrogens (primary N) is 1. The van der Waals surface area contributed by atoms with Crippen LogP contribution >= 0.6 is 0 Å². The van der Waals surface area contributed by atoms with Crippen molar-refractivity contribution in [2.45, 2.75) is 46.2 Å². The third-order valence-electron chi connectivity index (χ3n) is 4.18. The second kappa shape index (κ2) is 6.48. The Hall–Kier alpha value is -1.55. The average molecular weight is 290 g/mol. The van der Waals surface area contributed by atoms with Gasteiger partial charge in [-0.15, -0.1) is 0 Å². The van der Waals surface area contributed by atoms with Gasteiger partial charge in [0.1, 0.15) is 5.75 Å². The first-order chi connectivity index (χ1) is 9.85. The van der Waals surface area contributed by atoms with E-state index in [1.165, 1.54) is 12.8 Å². The molecule has 3 N–H and O–H groups in total. The van der Waals surface area contributed by atoms with Gasteiger partial charge < -0.3 is 15.8 Å². The molecular formula is C17H26N2O2. The summed E-state index contributed by atoms with van der Waals surface area (Å²) in [7, 11) is 0. The summed E-state index contributed by atoms with van der Waals surface area (Å²) in [4.78, 5) is 10.7. The van der Waals surface area contributed by atoms with Gasteiger partial charge in [0.05, 0.1) is 0 Å². The summed E-state index contributed by atoms with van der Waals surface area (Å²) in [6.45, 7) is 7.73. The molecule has 4 nitrogen and oxygen atoms in total. The van der Waals surface area contributed by atoms with Crippen LogP contribution in [-0.4, -0.2) is 18.6 Å². The zero-order valence-electron chi connectivity index (χ0n) is 13.2. The van der Waals surface area contributed by atoms with Crippen molar-refractivity contribution in [3.05, 3.63) is 29.8 Å². The van der Waals surface area contributed by atoms with Crippen LogP contribution in [0.5, 0.6) is 5.75 Å². The summed E-state index contributed by atoms with van der Waals surface area (Å²) in [5, 5.41) is 3.65. The van der Waals surface area contributed by atoms with Crippen molar-refractivity contribution in [3.8, 4) is 5.75 Å². The smallest absolute Gasteiger partial charge is 0.255 e. The highest BCUT2D eigenvalue weighted by atomic mass is 16.5. The van der Waals surface area contributed by atoms with E-state index < -0.39 is 5.91 Å². The molecule has 2 rings (SSSR count). The number of amides is 1. The van der Waals surface area contributed by atoms with Crippen LogP contribution in [-0.2, 0) is 11.3 Å². The van der Waals surface area contributed by atoms with Crippen molar-refractivity contribution in [2.75, 3.05) is 6.61 Å². The van der Waals surface area contributed by atoms with Crippen LogP contribution in [0.1, 0.15) is 39.2 Å². The minimum Gasteiger partial charge on any atom is -0.484 e. The number of primary amides is 1. The minimum atomic E-state index is -0.458. The number of carbonyl (C=O) groups excluding carboxylic acids is 1. The zero-order chi connectivity index (χ0) is 15.5. The van der Waals surface area contributed by atoms with E-state index in [1.54, 1.807) is 0 Å². The number of carbonyl (C=O) groups is 1. The maximum absolute atomic E-state index is 10.7. The van der Waals surface area contributed by atoms with E-state index in [4.69, 9.17) is 10.5 Å². The number of hydrogen-bond acceptors (Lipinski definition) is 3. The first kappa shape index (κ1) is 15.8. The summed E-state index contributed by atoms with van der Waals surface area (Å²) < 4.78 is 5.33. The van der Waals surface area contributed by atoms with Gasteiger partial charge in [-0.1, -0.05) is 32.9 Å². The summed E-state index contributed by atoms with van der Waals surface area (Å²) in [6, 6.07) is 8.37. The fourth-order valence-corrected chi connectivity index (χ4v) is 3.32.